The minimum Gasteiger partial charge on any atom is -0.324 e. The van der Waals surface area contributed by atoms with E-state index < -0.39 is 0 Å². The van der Waals surface area contributed by atoms with E-state index in [9.17, 15) is 4.79 Å². The van der Waals surface area contributed by atoms with Gasteiger partial charge in [-0.15, -0.1) is 5.10 Å². The summed E-state index contributed by atoms with van der Waals surface area (Å²) >= 11 is 0. The van der Waals surface area contributed by atoms with Gasteiger partial charge in [0.2, 0.25) is 0 Å². The number of rotatable bonds is 3. The van der Waals surface area contributed by atoms with Crippen molar-refractivity contribution in [2.24, 2.45) is 5.73 Å². The molecular formula is C5H8N4O. The highest BCUT2D eigenvalue weighted by molar-refractivity contribution is 5.79. The van der Waals surface area contributed by atoms with Crippen LogP contribution in [0.4, 0.5) is 0 Å². The third kappa shape index (κ3) is 1.63. The summed E-state index contributed by atoms with van der Waals surface area (Å²) in [4.78, 5) is 10.7. The summed E-state index contributed by atoms with van der Waals surface area (Å²) in [5, 5.41) is 7.12. The van der Waals surface area contributed by atoms with Crippen molar-refractivity contribution in [3.05, 3.63) is 12.4 Å². The summed E-state index contributed by atoms with van der Waals surface area (Å²) in [5.41, 5.74) is 5.08. The van der Waals surface area contributed by atoms with Crippen LogP contribution in [0.25, 0.3) is 0 Å². The van der Waals surface area contributed by atoms with E-state index in [4.69, 9.17) is 5.73 Å². The highest BCUT2D eigenvalue weighted by Gasteiger charge is 1.98. The molecule has 0 amide bonds. The Bertz CT molecular complexity index is 205. The molecule has 2 N–H and O–H groups in total. The number of aromatic nitrogens is 3. The lowest BCUT2D eigenvalue weighted by molar-refractivity contribution is -0.118. The van der Waals surface area contributed by atoms with Gasteiger partial charge in [-0.2, -0.15) is 0 Å². The zero-order valence-electron chi connectivity index (χ0n) is 5.40. The first-order valence-corrected chi connectivity index (χ1v) is 2.89. The van der Waals surface area contributed by atoms with Gasteiger partial charge in [-0.1, -0.05) is 5.21 Å². The van der Waals surface area contributed by atoms with Gasteiger partial charge < -0.3 is 5.73 Å². The Morgan fingerprint density at radius 1 is 1.70 bits per heavy atom. The zero-order chi connectivity index (χ0) is 7.40. The van der Waals surface area contributed by atoms with Gasteiger partial charge in [0.1, 0.15) is 6.54 Å². The van der Waals surface area contributed by atoms with E-state index in [2.05, 4.69) is 10.3 Å². The summed E-state index contributed by atoms with van der Waals surface area (Å²) in [6.45, 7) is 0.274. The Hall–Kier alpha value is -1.23. The molecule has 0 saturated carbocycles. The lowest BCUT2D eigenvalue weighted by Gasteiger charge is -1.94. The second-order valence-electron chi connectivity index (χ2n) is 1.84. The molecule has 1 rings (SSSR count). The van der Waals surface area contributed by atoms with Crippen molar-refractivity contribution < 1.29 is 4.79 Å². The molecule has 0 fully saturated rings. The number of carbonyl (C=O) groups is 1. The van der Waals surface area contributed by atoms with E-state index in [0.29, 0.717) is 0 Å². The van der Waals surface area contributed by atoms with Crippen molar-refractivity contribution in [1.82, 2.24) is 15.0 Å². The largest absolute Gasteiger partial charge is 0.324 e. The third-order valence-electron chi connectivity index (χ3n) is 1.04. The molecule has 0 aromatic carbocycles. The van der Waals surface area contributed by atoms with E-state index in [1.54, 1.807) is 6.20 Å². The number of nitrogens with two attached hydrogens (primary N) is 1. The summed E-state index contributed by atoms with van der Waals surface area (Å²) in [7, 11) is 0. The molecule has 5 heteroatoms. The molecule has 0 radical (unpaired) electrons. The van der Waals surface area contributed by atoms with Crippen LogP contribution in [-0.2, 0) is 11.3 Å². The van der Waals surface area contributed by atoms with Crippen LogP contribution in [0.3, 0.4) is 0 Å². The van der Waals surface area contributed by atoms with Gasteiger partial charge in [-0.05, 0) is 0 Å². The van der Waals surface area contributed by atoms with Crippen LogP contribution < -0.4 is 5.73 Å². The maximum atomic E-state index is 10.7. The molecule has 5 nitrogen and oxygen atoms in total. The molecule has 10 heavy (non-hydrogen) atoms. The highest BCUT2D eigenvalue weighted by atomic mass is 16.1. The van der Waals surface area contributed by atoms with Crippen molar-refractivity contribution in [1.29, 1.82) is 0 Å². The number of nitrogens with zero attached hydrogens (tertiary/aromatic N) is 3. The number of hydrogen-bond donors (Lipinski definition) is 1. The van der Waals surface area contributed by atoms with E-state index in [0.717, 1.165) is 0 Å². The second kappa shape index (κ2) is 3.07. The smallest absolute Gasteiger partial charge is 0.167 e. The average molecular weight is 140 g/mol. The molecule has 0 aliphatic heterocycles. The quantitative estimate of drug-likeness (QED) is 0.572. The molecule has 0 atom stereocenters. The molecule has 1 aromatic rings. The minimum atomic E-state index is -0.0505. The molecule has 1 aromatic heterocycles. The van der Waals surface area contributed by atoms with Gasteiger partial charge in [-0.3, -0.25) is 4.79 Å². The Labute approximate surface area is 57.8 Å². The van der Waals surface area contributed by atoms with Crippen LogP contribution in [-0.4, -0.2) is 27.3 Å². The van der Waals surface area contributed by atoms with E-state index in [1.165, 1.54) is 10.9 Å². The predicted molar refractivity (Wildman–Crippen MR) is 34.1 cm³/mol. The lowest BCUT2D eigenvalue weighted by Crippen LogP contribution is -2.19. The molecule has 0 bridgehead atoms. The SMILES string of the molecule is NCC(=O)Cn1ccnn1. The van der Waals surface area contributed by atoms with E-state index in [-0.39, 0.29) is 18.9 Å². The molecule has 0 spiro atoms. The van der Waals surface area contributed by atoms with Gasteiger partial charge in [0, 0.05) is 6.20 Å². The molecule has 54 valence electrons. The van der Waals surface area contributed by atoms with Gasteiger partial charge in [0.25, 0.3) is 0 Å². The van der Waals surface area contributed by atoms with Crippen molar-refractivity contribution in [2.75, 3.05) is 6.54 Å². The molecule has 0 aliphatic rings. The zero-order valence-corrected chi connectivity index (χ0v) is 5.40. The third-order valence-corrected chi connectivity index (χ3v) is 1.04. The second-order valence-corrected chi connectivity index (χ2v) is 1.84. The number of ketones is 1. The normalized spacial score (nSPS) is 9.70. The van der Waals surface area contributed by atoms with Crippen LogP contribution in [0, 0.1) is 0 Å². The van der Waals surface area contributed by atoms with E-state index >= 15 is 0 Å². The Morgan fingerprint density at radius 2 is 2.50 bits per heavy atom. The topological polar surface area (TPSA) is 73.8 Å². The van der Waals surface area contributed by atoms with Gasteiger partial charge in [-0.25, -0.2) is 4.68 Å². The van der Waals surface area contributed by atoms with Gasteiger partial charge >= 0.3 is 0 Å². The minimum absolute atomic E-state index is 0.0505. The average Bonchev–Trinajstić information content (AvgIpc) is 2.40. The van der Waals surface area contributed by atoms with Crippen LogP contribution in [0.15, 0.2) is 12.4 Å². The lowest BCUT2D eigenvalue weighted by atomic mass is 10.4. The maximum absolute atomic E-state index is 10.7. The first-order chi connectivity index (χ1) is 4.83. The fourth-order valence-corrected chi connectivity index (χ4v) is 0.562. The van der Waals surface area contributed by atoms with Crippen molar-refractivity contribution in [3.8, 4) is 0 Å². The summed E-state index contributed by atoms with van der Waals surface area (Å²) < 4.78 is 1.44. The first kappa shape index (κ1) is 6.88. The number of hydrogen-bond acceptors (Lipinski definition) is 4. The Balaban J connectivity index is 2.48. The van der Waals surface area contributed by atoms with Crippen molar-refractivity contribution >= 4 is 5.78 Å². The van der Waals surface area contributed by atoms with Crippen LogP contribution in [0.1, 0.15) is 0 Å². The number of carbonyl (C=O) groups excluding carboxylic acids is 1. The van der Waals surface area contributed by atoms with Crippen LogP contribution >= 0.6 is 0 Å². The fourth-order valence-electron chi connectivity index (χ4n) is 0.562. The molecule has 0 saturated heterocycles. The standard InChI is InChI=1S/C5H8N4O/c6-3-5(10)4-9-2-1-7-8-9/h1-2H,3-4,6H2. The monoisotopic (exact) mass is 140 g/mol. The molecular weight excluding hydrogens is 132 g/mol. The summed E-state index contributed by atoms with van der Waals surface area (Å²) in [5.74, 6) is -0.0505. The summed E-state index contributed by atoms with van der Waals surface area (Å²) in [6.07, 6.45) is 3.14. The number of Topliss-reactive ketones (excluding diaryl/α,β-unsaturated/α-hetero) is 1. The first-order valence-electron chi connectivity index (χ1n) is 2.89. The maximum Gasteiger partial charge on any atom is 0.167 e. The van der Waals surface area contributed by atoms with Crippen molar-refractivity contribution in [2.45, 2.75) is 6.54 Å². The Kier molecular flexibility index (Phi) is 2.11. The highest BCUT2D eigenvalue weighted by Crippen LogP contribution is 1.80. The molecule has 0 aliphatic carbocycles. The van der Waals surface area contributed by atoms with Crippen LogP contribution in [0.2, 0.25) is 0 Å². The van der Waals surface area contributed by atoms with Gasteiger partial charge in [0.05, 0.1) is 12.7 Å². The summed E-state index contributed by atoms with van der Waals surface area (Å²) in [6, 6.07) is 0. The van der Waals surface area contributed by atoms with Gasteiger partial charge in [0.15, 0.2) is 5.78 Å². The molecule has 0 unspecified atom stereocenters. The predicted octanol–water partition coefficient (Wildman–Crippen LogP) is -1.19. The fraction of sp³-hybridized carbons (Fsp3) is 0.400. The van der Waals surface area contributed by atoms with Crippen LogP contribution in [0.5, 0.6) is 0 Å². The molecule has 1 heterocycles. The van der Waals surface area contributed by atoms with Crippen molar-refractivity contribution in [3.63, 3.8) is 0 Å². The van der Waals surface area contributed by atoms with E-state index in [1.807, 2.05) is 0 Å². The Morgan fingerprint density at radius 3 is 3.00 bits per heavy atom.